The zero-order valence-corrected chi connectivity index (χ0v) is 17.7. The Kier molecular flexibility index (Phi) is 5.57. The molecule has 1 aromatic heterocycles. The van der Waals surface area contributed by atoms with Crippen LogP contribution >= 0.6 is 0 Å². The van der Waals surface area contributed by atoms with Gasteiger partial charge in [-0.15, -0.1) is 0 Å². The molecule has 4 nitrogen and oxygen atoms in total. The molecule has 0 N–H and O–H groups in total. The van der Waals surface area contributed by atoms with Gasteiger partial charge in [0.2, 0.25) is 0 Å². The van der Waals surface area contributed by atoms with Crippen molar-refractivity contribution in [3.05, 3.63) is 23.8 Å². The van der Waals surface area contributed by atoms with Gasteiger partial charge in [-0.1, -0.05) is 13.8 Å². The van der Waals surface area contributed by atoms with Crippen LogP contribution in [0, 0.1) is 11.3 Å². The Balaban J connectivity index is 1.19. The first kappa shape index (κ1) is 19.3. The van der Waals surface area contributed by atoms with Crippen molar-refractivity contribution >= 4 is 0 Å². The lowest BCUT2D eigenvalue weighted by Crippen LogP contribution is -2.58. The van der Waals surface area contributed by atoms with Crippen molar-refractivity contribution in [2.24, 2.45) is 11.3 Å². The van der Waals surface area contributed by atoms with E-state index in [9.17, 15) is 0 Å². The maximum atomic E-state index is 5.80. The molecule has 0 unspecified atom stereocenters. The largest absolute Gasteiger partial charge is 0.379 e. The summed E-state index contributed by atoms with van der Waals surface area (Å²) < 4.78 is 5.80. The smallest absolute Gasteiger partial charge is 0.130 e. The van der Waals surface area contributed by atoms with Crippen LogP contribution in [-0.4, -0.2) is 46.7 Å². The van der Waals surface area contributed by atoms with Gasteiger partial charge in [-0.25, -0.2) is 9.97 Å². The quantitative estimate of drug-likeness (QED) is 0.722. The van der Waals surface area contributed by atoms with Crippen LogP contribution in [0.2, 0.25) is 0 Å². The molecule has 0 amide bonds. The number of likely N-dealkylation sites (tertiary alicyclic amines) is 1. The van der Waals surface area contributed by atoms with Crippen LogP contribution in [0.25, 0.3) is 0 Å². The van der Waals surface area contributed by atoms with Gasteiger partial charge in [0.05, 0.1) is 6.10 Å². The molecule has 1 spiro atoms. The summed E-state index contributed by atoms with van der Waals surface area (Å²) in [5.41, 5.74) is 2.03. The third kappa shape index (κ3) is 4.22. The van der Waals surface area contributed by atoms with E-state index in [-0.39, 0.29) is 0 Å². The van der Waals surface area contributed by atoms with E-state index in [1.54, 1.807) is 0 Å². The van der Waals surface area contributed by atoms with Crippen LogP contribution in [0.1, 0.15) is 89.4 Å². The average molecular weight is 372 g/mol. The van der Waals surface area contributed by atoms with Crippen molar-refractivity contribution in [2.75, 3.05) is 19.7 Å². The van der Waals surface area contributed by atoms with Gasteiger partial charge in [-0.2, -0.15) is 0 Å². The lowest BCUT2D eigenvalue weighted by Gasteiger charge is -2.60. The molecule has 2 saturated carbocycles. The average Bonchev–Trinajstić information content (AvgIpc) is 2.59. The normalized spacial score (nSPS) is 32.1. The molecule has 0 atom stereocenters. The molecule has 1 saturated heterocycles. The molecular formula is C23H37N3O. The van der Waals surface area contributed by atoms with E-state index in [0.717, 1.165) is 24.4 Å². The number of nitrogens with zero attached hydrogens (tertiary/aromatic N) is 3. The third-order valence-electron chi connectivity index (χ3n) is 7.17. The van der Waals surface area contributed by atoms with E-state index in [1.165, 1.54) is 57.2 Å². The van der Waals surface area contributed by atoms with Gasteiger partial charge in [0.1, 0.15) is 5.82 Å². The molecule has 2 aliphatic carbocycles. The summed E-state index contributed by atoms with van der Waals surface area (Å²) in [5, 5.41) is 0. The van der Waals surface area contributed by atoms with E-state index >= 15 is 0 Å². The number of ether oxygens (including phenoxy) is 1. The standard InChI is InChI=1S/C23H37N3O/c1-16(2)22-24-13-20(14-25-22)19-5-7-26(8-6-19)21-11-23(12-21)9-18(10-23)15-27-17(3)4/h13-14,16-19,21H,5-12,15H2,1-4H3. The fraction of sp³-hybridized carbons (Fsp3) is 0.826. The summed E-state index contributed by atoms with van der Waals surface area (Å²) in [6.45, 7) is 12.1. The van der Waals surface area contributed by atoms with E-state index in [0.29, 0.717) is 23.4 Å². The Bertz CT molecular complexity index is 605. The second-order valence-corrected chi connectivity index (χ2v) is 10.1. The van der Waals surface area contributed by atoms with Crippen LogP contribution in [0.3, 0.4) is 0 Å². The Morgan fingerprint density at radius 3 is 2.22 bits per heavy atom. The molecular weight excluding hydrogens is 334 g/mol. The molecule has 4 heteroatoms. The molecule has 3 fully saturated rings. The topological polar surface area (TPSA) is 38.2 Å². The zero-order valence-electron chi connectivity index (χ0n) is 17.7. The molecule has 3 aliphatic rings. The van der Waals surface area contributed by atoms with Crippen LogP contribution in [0.15, 0.2) is 12.4 Å². The SMILES string of the molecule is CC(C)OCC1CC2(C1)CC(N1CCC(c3cnc(C(C)C)nc3)CC1)C2. The highest BCUT2D eigenvalue weighted by molar-refractivity contribution is 5.14. The Morgan fingerprint density at radius 2 is 1.67 bits per heavy atom. The second kappa shape index (κ2) is 7.79. The number of rotatable bonds is 6. The van der Waals surface area contributed by atoms with Crippen LogP contribution in [-0.2, 0) is 4.74 Å². The molecule has 0 radical (unpaired) electrons. The fourth-order valence-electron chi connectivity index (χ4n) is 5.60. The molecule has 27 heavy (non-hydrogen) atoms. The van der Waals surface area contributed by atoms with Gasteiger partial charge >= 0.3 is 0 Å². The number of hydrogen-bond acceptors (Lipinski definition) is 4. The summed E-state index contributed by atoms with van der Waals surface area (Å²) in [7, 11) is 0. The molecule has 1 aliphatic heterocycles. The predicted molar refractivity (Wildman–Crippen MR) is 109 cm³/mol. The van der Waals surface area contributed by atoms with Crippen molar-refractivity contribution in [3.8, 4) is 0 Å². The highest BCUT2D eigenvalue weighted by Gasteiger charge is 2.54. The van der Waals surface area contributed by atoms with E-state index < -0.39 is 0 Å². The lowest BCUT2D eigenvalue weighted by molar-refractivity contribution is -0.115. The van der Waals surface area contributed by atoms with Gasteiger partial charge in [0, 0.05) is 31.0 Å². The Morgan fingerprint density at radius 1 is 1.04 bits per heavy atom. The second-order valence-electron chi connectivity index (χ2n) is 10.1. The molecule has 0 aromatic carbocycles. The summed E-state index contributed by atoms with van der Waals surface area (Å²) in [6.07, 6.45) is 12.7. The minimum absolute atomic E-state index is 0.379. The van der Waals surface area contributed by atoms with Crippen molar-refractivity contribution < 1.29 is 4.74 Å². The summed E-state index contributed by atoms with van der Waals surface area (Å²) in [6, 6.07) is 0.845. The van der Waals surface area contributed by atoms with Crippen molar-refractivity contribution in [1.29, 1.82) is 0 Å². The zero-order chi connectivity index (χ0) is 19.0. The highest BCUT2D eigenvalue weighted by Crippen LogP contribution is 2.60. The van der Waals surface area contributed by atoms with E-state index in [1.807, 2.05) is 0 Å². The van der Waals surface area contributed by atoms with Crippen LogP contribution < -0.4 is 0 Å². The number of aromatic nitrogens is 2. The minimum atomic E-state index is 0.379. The lowest BCUT2D eigenvalue weighted by atomic mass is 9.50. The van der Waals surface area contributed by atoms with Gasteiger partial charge in [-0.3, -0.25) is 0 Å². The Labute approximate surface area is 165 Å². The van der Waals surface area contributed by atoms with Gasteiger partial charge in [-0.05, 0) is 88.3 Å². The molecule has 0 bridgehead atoms. The predicted octanol–water partition coefficient (Wildman–Crippen LogP) is 4.76. The van der Waals surface area contributed by atoms with Crippen molar-refractivity contribution in [2.45, 2.75) is 90.2 Å². The number of piperidine rings is 1. The summed E-state index contributed by atoms with van der Waals surface area (Å²) in [4.78, 5) is 11.9. The minimum Gasteiger partial charge on any atom is -0.379 e. The maximum Gasteiger partial charge on any atom is 0.130 e. The highest BCUT2D eigenvalue weighted by atomic mass is 16.5. The first-order valence-corrected chi connectivity index (χ1v) is 11.1. The molecule has 4 rings (SSSR count). The van der Waals surface area contributed by atoms with E-state index in [4.69, 9.17) is 4.74 Å². The first-order valence-electron chi connectivity index (χ1n) is 11.1. The van der Waals surface area contributed by atoms with Gasteiger partial charge in [0.15, 0.2) is 0 Å². The van der Waals surface area contributed by atoms with E-state index in [2.05, 4.69) is 55.0 Å². The summed E-state index contributed by atoms with van der Waals surface area (Å²) in [5.74, 6) is 2.86. The van der Waals surface area contributed by atoms with Gasteiger partial charge < -0.3 is 9.64 Å². The maximum absolute atomic E-state index is 5.80. The Hall–Kier alpha value is -1.00. The van der Waals surface area contributed by atoms with Crippen molar-refractivity contribution in [3.63, 3.8) is 0 Å². The number of hydrogen-bond donors (Lipinski definition) is 0. The third-order valence-corrected chi connectivity index (χ3v) is 7.17. The van der Waals surface area contributed by atoms with Crippen LogP contribution in [0.4, 0.5) is 0 Å². The van der Waals surface area contributed by atoms with Crippen molar-refractivity contribution in [1.82, 2.24) is 14.9 Å². The molecule has 2 heterocycles. The first-order chi connectivity index (χ1) is 12.9. The fourth-order valence-corrected chi connectivity index (χ4v) is 5.60. The molecule has 150 valence electrons. The van der Waals surface area contributed by atoms with Crippen LogP contribution in [0.5, 0.6) is 0 Å². The summed E-state index contributed by atoms with van der Waals surface area (Å²) >= 11 is 0. The van der Waals surface area contributed by atoms with Gasteiger partial charge in [0.25, 0.3) is 0 Å². The monoisotopic (exact) mass is 371 g/mol. The molecule has 1 aromatic rings.